The first-order valence-corrected chi connectivity index (χ1v) is 21.7. The van der Waals surface area contributed by atoms with Gasteiger partial charge in [0, 0.05) is 87.1 Å². The molecule has 6 nitrogen and oxygen atoms in total. The molecular weight excluding hydrogens is 693 g/mol. The lowest BCUT2D eigenvalue weighted by Gasteiger charge is -2.28. The predicted molar refractivity (Wildman–Crippen MR) is 226 cm³/mol. The molecule has 2 unspecified atom stereocenters. The number of nitrogens with zero attached hydrogens (tertiary/aromatic N) is 2. The van der Waals surface area contributed by atoms with Crippen LogP contribution in [-0.2, 0) is 24.2 Å². The molecule has 56 heavy (non-hydrogen) atoms. The quantitative estimate of drug-likeness (QED) is 0.0573. The zero-order valence-corrected chi connectivity index (χ0v) is 33.8. The Labute approximate surface area is 331 Å². The SMILES string of the molecule is CCCCCCCCn1c(=CC2=C([O-])C(=CC3=[N+](CCCCCCCC)c4cc5c(c6cccc3c46)OC(C)C5)C2=O)c2cccc3c4c(cc1c32)CC(C)O4. The van der Waals surface area contributed by atoms with E-state index in [4.69, 9.17) is 9.47 Å². The highest BCUT2D eigenvalue weighted by atomic mass is 16.5. The zero-order valence-electron chi connectivity index (χ0n) is 33.8. The van der Waals surface area contributed by atoms with Gasteiger partial charge >= 0.3 is 0 Å². The molecule has 0 bridgehead atoms. The summed E-state index contributed by atoms with van der Waals surface area (Å²) in [7, 11) is 0. The summed E-state index contributed by atoms with van der Waals surface area (Å²) in [5.41, 5.74) is 7.39. The number of benzene rings is 4. The molecule has 9 rings (SSSR count). The van der Waals surface area contributed by atoms with Crippen molar-refractivity contribution in [1.82, 2.24) is 4.57 Å². The molecule has 0 spiro atoms. The maximum Gasteiger partial charge on any atom is 0.215 e. The van der Waals surface area contributed by atoms with Gasteiger partial charge in [0.05, 0.1) is 16.5 Å². The highest BCUT2D eigenvalue weighted by Gasteiger charge is 2.37. The topological polar surface area (TPSA) is 66.5 Å². The number of ether oxygens (including phenoxy) is 2. The van der Waals surface area contributed by atoms with Crippen molar-refractivity contribution in [3.63, 3.8) is 0 Å². The molecule has 290 valence electrons. The number of ketones is 1. The van der Waals surface area contributed by atoms with Gasteiger partial charge in [0.2, 0.25) is 11.4 Å². The Morgan fingerprint density at radius 3 is 2.05 bits per heavy atom. The van der Waals surface area contributed by atoms with Gasteiger partial charge in [0.15, 0.2) is 5.78 Å². The van der Waals surface area contributed by atoms with Gasteiger partial charge in [-0.25, -0.2) is 0 Å². The average Bonchev–Trinajstić information content (AvgIpc) is 3.94. The zero-order chi connectivity index (χ0) is 38.5. The van der Waals surface area contributed by atoms with Crippen molar-refractivity contribution in [1.29, 1.82) is 0 Å². The lowest BCUT2D eigenvalue weighted by molar-refractivity contribution is -0.436. The van der Waals surface area contributed by atoms with Gasteiger partial charge in [-0.05, 0) is 44.9 Å². The standard InChI is InChI=1S/C50H56N2O4/c1-5-7-9-11-13-15-23-51-41(35-19-17-21-37-45(35)43(51)27-33-25-31(3)55-49(33)37)29-39-47(53)40(48(39)54)30-42-36-20-18-22-38-46(36)44(28-34-26-32(4)56-50(34)38)52(42)24-16-14-12-10-8-6-2/h17-22,27-32H,5-16,23-26H2,1-4H3. The fourth-order valence-corrected chi connectivity index (χ4v) is 9.94. The number of aryl methyl sites for hydroxylation is 1. The summed E-state index contributed by atoms with van der Waals surface area (Å²) >= 11 is 0. The van der Waals surface area contributed by atoms with Gasteiger partial charge in [-0.1, -0.05) is 108 Å². The summed E-state index contributed by atoms with van der Waals surface area (Å²) in [5.74, 6) is 1.63. The lowest BCUT2D eigenvalue weighted by atomic mass is 9.86. The molecule has 0 N–H and O–H groups in total. The molecule has 6 heteroatoms. The van der Waals surface area contributed by atoms with Crippen LogP contribution in [0, 0.1) is 0 Å². The number of hydrogen-bond acceptors (Lipinski definition) is 4. The third-order valence-electron chi connectivity index (χ3n) is 12.7. The van der Waals surface area contributed by atoms with Crippen LogP contribution < -0.4 is 19.9 Å². The van der Waals surface area contributed by atoms with Gasteiger partial charge in [-0.15, -0.1) is 0 Å². The summed E-state index contributed by atoms with van der Waals surface area (Å²) in [4.78, 5) is 14.3. The van der Waals surface area contributed by atoms with Crippen molar-refractivity contribution >= 4 is 55.7 Å². The highest BCUT2D eigenvalue weighted by molar-refractivity contribution is 6.29. The number of carbonyl (C=O) groups excluding carboxylic acids is 1. The Bertz CT molecular complexity index is 2530. The Morgan fingerprint density at radius 2 is 1.36 bits per heavy atom. The minimum Gasteiger partial charge on any atom is -0.871 e. The first kappa shape index (κ1) is 36.8. The molecule has 4 heterocycles. The molecule has 5 aromatic rings. The van der Waals surface area contributed by atoms with Gasteiger partial charge in [0.25, 0.3) is 0 Å². The molecule has 1 aliphatic carbocycles. The minimum atomic E-state index is -0.167. The van der Waals surface area contributed by atoms with Crippen LogP contribution in [-0.4, -0.2) is 39.4 Å². The monoisotopic (exact) mass is 748 g/mol. The Kier molecular flexibility index (Phi) is 10.0. The Hall–Kier alpha value is -4.84. The van der Waals surface area contributed by atoms with E-state index in [1.165, 1.54) is 73.7 Å². The van der Waals surface area contributed by atoms with Gasteiger partial charge in [-0.2, -0.15) is 4.58 Å². The molecule has 0 fully saturated rings. The Morgan fingerprint density at radius 1 is 0.750 bits per heavy atom. The van der Waals surface area contributed by atoms with Crippen molar-refractivity contribution in [2.75, 3.05) is 6.54 Å². The van der Waals surface area contributed by atoms with Crippen molar-refractivity contribution in [3.8, 4) is 11.5 Å². The molecule has 3 aliphatic heterocycles. The number of hydrogen-bond donors (Lipinski definition) is 0. The van der Waals surface area contributed by atoms with Crippen LogP contribution in [0.25, 0.3) is 38.5 Å². The summed E-state index contributed by atoms with van der Waals surface area (Å²) in [6.45, 7) is 10.5. The summed E-state index contributed by atoms with van der Waals surface area (Å²) in [5, 5.41) is 20.8. The molecule has 4 aromatic carbocycles. The van der Waals surface area contributed by atoms with Gasteiger partial charge < -0.3 is 19.1 Å². The van der Waals surface area contributed by atoms with Crippen LogP contribution in [0.1, 0.15) is 121 Å². The molecule has 4 aliphatic rings. The van der Waals surface area contributed by atoms with Crippen LogP contribution in [0.15, 0.2) is 71.5 Å². The van der Waals surface area contributed by atoms with Crippen molar-refractivity contribution in [2.45, 2.75) is 136 Å². The van der Waals surface area contributed by atoms with Crippen molar-refractivity contribution in [3.05, 3.63) is 93.6 Å². The van der Waals surface area contributed by atoms with Gasteiger partial charge in [-0.3, -0.25) is 4.79 Å². The third-order valence-corrected chi connectivity index (χ3v) is 12.7. The second kappa shape index (κ2) is 15.2. The molecule has 1 aromatic heterocycles. The van der Waals surface area contributed by atoms with E-state index >= 15 is 0 Å². The number of allylic oxidation sites excluding steroid dienone is 3. The molecule has 2 atom stereocenters. The fraction of sp³-hybridized carbons (Fsp3) is 0.440. The average molecular weight is 749 g/mol. The van der Waals surface area contributed by atoms with E-state index in [0.717, 1.165) is 107 Å². The smallest absolute Gasteiger partial charge is 0.215 e. The molecular formula is C50H56N2O4. The number of rotatable bonds is 16. The van der Waals surface area contributed by atoms with E-state index in [1.807, 2.05) is 12.2 Å². The predicted octanol–water partition coefficient (Wildman–Crippen LogP) is 10.1. The van der Waals surface area contributed by atoms with Gasteiger partial charge in [0.1, 0.15) is 30.3 Å². The maximum atomic E-state index is 14.3. The summed E-state index contributed by atoms with van der Waals surface area (Å²) in [6, 6.07) is 17.4. The summed E-state index contributed by atoms with van der Waals surface area (Å²) < 4.78 is 17.4. The number of fused-ring (bicyclic) bond motifs is 4. The van der Waals surface area contributed by atoms with E-state index in [1.54, 1.807) is 0 Å². The van der Waals surface area contributed by atoms with E-state index in [-0.39, 0.29) is 34.9 Å². The second-order valence-corrected chi connectivity index (χ2v) is 16.9. The Balaban J connectivity index is 1.13. The number of aromatic nitrogens is 1. The van der Waals surface area contributed by atoms with Crippen LogP contribution >= 0.6 is 0 Å². The molecule has 0 radical (unpaired) electrons. The van der Waals surface area contributed by atoms with E-state index in [0.29, 0.717) is 0 Å². The summed E-state index contributed by atoms with van der Waals surface area (Å²) in [6.07, 6.45) is 20.3. The maximum absolute atomic E-state index is 14.3. The number of carbonyl (C=O) groups is 1. The van der Waals surface area contributed by atoms with E-state index < -0.39 is 0 Å². The van der Waals surface area contributed by atoms with Crippen molar-refractivity contribution in [2.24, 2.45) is 0 Å². The van der Waals surface area contributed by atoms with E-state index in [2.05, 4.69) is 85.4 Å². The van der Waals surface area contributed by atoms with Crippen molar-refractivity contribution < 1.29 is 24.0 Å². The first-order valence-electron chi connectivity index (χ1n) is 21.7. The van der Waals surface area contributed by atoms with Crippen LogP contribution in [0.3, 0.4) is 0 Å². The van der Waals surface area contributed by atoms with Crippen LogP contribution in [0.4, 0.5) is 5.69 Å². The largest absolute Gasteiger partial charge is 0.871 e. The molecule has 0 amide bonds. The fourth-order valence-electron chi connectivity index (χ4n) is 9.94. The number of Topliss-reactive ketones (excluding diaryl/α,β-unsaturated/α-hetero) is 1. The lowest BCUT2D eigenvalue weighted by Crippen LogP contribution is -2.32. The van der Waals surface area contributed by atoms with E-state index in [9.17, 15) is 9.90 Å². The molecule has 0 saturated carbocycles. The minimum absolute atomic E-state index is 0.150. The van der Waals surface area contributed by atoms with Crippen LogP contribution in [0.5, 0.6) is 11.5 Å². The third kappa shape index (κ3) is 6.24. The number of unbranched alkanes of at least 4 members (excludes halogenated alkanes) is 10. The highest BCUT2D eigenvalue weighted by Crippen LogP contribution is 2.46. The van der Waals surface area contributed by atoms with Crippen LogP contribution in [0.2, 0.25) is 0 Å². The second-order valence-electron chi connectivity index (χ2n) is 16.9. The molecule has 0 saturated heterocycles. The normalized spacial score (nSPS) is 19.6. The first-order chi connectivity index (χ1) is 27.4.